The number of alkyl halides is 1. The number of hydrogen-bond acceptors (Lipinski definition) is 3. The van der Waals surface area contributed by atoms with Crippen molar-refractivity contribution in [3.05, 3.63) is 66.9 Å². The number of nitrogens with zero attached hydrogens (tertiary/aromatic N) is 3. The Morgan fingerprint density at radius 3 is 2.00 bits per heavy atom. The molecule has 3 nitrogen and oxygen atoms in total. The second-order valence-corrected chi connectivity index (χ2v) is 4.90. The van der Waals surface area contributed by atoms with Gasteiger partial charge < -0.3 is 0 Å². The van der Waals surface area contributed by atoms with Crippen molar-refractivity contribution in [1.29, 1.82) is 0 Å². The zero-order valence-electron chi connectivity index (χ0n) is 10.7. The highest BCUT2D eigenvalue weighted by Crippen LogP contribution is 2.27. The minimum absolute atomic E-state index is 0.760. The van der Waals surface area contributed by atoms with Crippen molar-refractivity contribution in [2.75, 3.05) is 0 Å². The van der Waals surface area contributed by atoms with E-state index in [1.807, 2.05) is 30.5 Å². The molecule has 0 unspecified atom stereocenters. The molecule has 98 valence electrons. The van der Waals surface area contributed by atoms with Gasteiger partial charge in [0.1, 0.15) is 0 Å². The summed E-state index contributed by atoms with van der Waals surface area (Å²) in [6.45, 7) is 0. The Labute approximate surface area is 125 Å². The lowest BCUT2D eigenvalue weighted by atomic mass is 10.0. The molecule has 4 heteroatoms. The van der Waals surface area contributed by atoms with Crippen molar-refractivity contribution < 1.29 is 0 Å². The van der Waals surface area contributed by atoms with E-state index < -0.39 is 0 Å². The van der Waals surface area contributed by atoms with E-state index in [-0.39, 0.29) is 0 Å². The molecule has 0 radical (unpaired) electrons. The largest absolute Gasteiger partial charge is 0.265 e. The zero-order valence-corrected chi connectivity index (χ0v) is 12.3. The summed E-state index contributed by atoms with van der Waals surface area (Å²) in [5.41, 5.74) is 5.44. The summed E-state index contributed by atoms with van der Waals surface area (Å²) in [6, 6.07) is 10.1. The standard InChI is InChI=1S/C16H12BrN3/c17-10-14-9-15(12-1-5-18-6-2-12)11-20-16(14)13-3-7-19-8-4-13/h1-9,11H,10H2. The predicted molar refractivity (Wildman–Crippen MR) is 83.3 cm³/mol. The summed E-state index contributed by atoms with van der Waals surface area (Å²) in [5, 5.41) is 0.760. The lowest BCUT2D eigenvalue weighted by Gasteiger charge is -2.09. The molecule has 0 aromatic carbocycles. The van der Waals surface area contributed by atoms with Crippen LogP contribution in [0.1, 0.15) is 5.56 Å². The van der Waals surface area contributed by atoms with Crippen LogP contribution >= 0.6 is 15.9 Å². The molecule has 3 aromatic heterocycles. The van der Waals surface area contributed by atoms with Crippen LogP contribution in [0.25, 0.3) is 22.4 Å². The van der Waals surface area contributed by atoms with Crippen molar-refractivity contribution in [2.45, 2.75) is 5.33 Å². The molecule has 3 rings (SSSR count). The minimum Gasteiger partial charge on any atom is -0.265 e. The van der Waals surface area contributed by atoms with E-state index in [0.717, 1.165) is 33.3 Å². The van der Waals surface area contributed by atoms with Gasteiger partial charge in [0.25, 0.3) is 0 Å². The molecule has 3 heterocycles. The van der Waals surface area contributed by atoms with Gasteiger partial charge in [-0.1, -0.05) is 15.9 Å². The van der Waals surface area contributed by atoms with Gasteiger partial charge in [-0.25, -0.2) is 0 Å². The lowest BCUT2D eigenvalue weighted by molar-refractivity contribution is 1.24. The van der Waals surface area contributed by atoms with Gasteiger partial charge in [0, 0.05) is 47.4 Å². The second kappa shape index (κ2) is 5.92. The molecule has 0 saturated heterocycles. The molecule has 0 atom stereocenters. The monoisotopic (exact) mass is 325 g/mol. The molecular formula is C16H12BrN3. The average molecular weight is 326 g/mol. The minimum atomic E-state index is 0.760. The molecular weight excluding hydrogens is 314 g/mol. The van der Waals surface area contributed by atoms with E-state index in [1.54, 1.807) is 24.8 Å². The molecule has 0 amide bonds. The summed E-state index contributed by atoms with van der Waals surface area (Å²) in [6.07, 6.45) is 9.05. The Morgan fingerprint density at radius 1 is 0.800 bits per heavy atom. The zero-order chi connectivity index (χ0) is 13.8. The van der Waals surface area contributed by atoms with Gasteiger partial charge in [0.15, 0.2) is 0 Å². The van der Waals surface area contributed by atoms with Gasteiger partial charge in [0.05, 0.1) is 5.69 Å². The van der Waals surface area contributed by atoms with Crippen molar-refractivity contribution in [3.8, 4) is 22.4 Å². The number of rotatable bonds is 3. The first-order chi connectivity index (χ1) is 9.88. The maximum absolute atomic E-state index is 4.62. The maximum Gasteiger partial charge on any atom is 0.0743 e. The van der Waals surface area contributed by atoms with Gasteiger partial charge in [-0.15, -0.1) is 0 Å². The van der Waals surface area contributed by atoms with E-state index >= 15 is 0 Å². The SMILES string of the molecule is BrCc1cc(-c2ccncc2)cnc1-c1ccncc1. The van der Waals surface area contributed by atoms with Crippen molar-refractivity contribution >= 4 is 15.9 Å². The number of aromatic nitrogens is 3. The topological polar surface area (TPSA) is 38.7 Å². The fourth-order valence-corrected chi connectivity index (χ4v) is 2.51. The Bertz CT molecular complexity index is 699. The second-order valence-electron chi connectivity index (χ2n) is 4.34. The van der Waals surface area contributed by atoms with E-state index in [4.69, 9.17) is 0 Å². The first-order valence-corrected chi connectivity index (χ1v) is 7.36. The highest BCUT2D eigenvalue weighted by Gasteiger charge is 2.08. The fraction of sp³-hybridized carbons (Fsp3) is 0.0625. The lowest BCUT2D eigenvalue weighted by Crippen LogP contribution is -1.92. The van der Waals surface area contributed by atoms with Crippen LogP contribution in [0, 0.1) is 0 Å². The summed E-state index contributed by atoms with van der Waals surface area (Å²) < 4.78 is 0. The molecule has 0 fully saturated rings. The fourth-order valence-electron chi connectivity index (χ4n) is 2.08. The normalized spacial score (nSPS) is 10.4. The highest BCUT2D eigenvalue weighted by atomic mass is 79.9. The molecule has 3 aromatic rings. The predicted octanol–water partition coefficient (Wildman–Crippen LogP) is 4.10. The van der Waals surface area contributed by atoms with Crippen LogP contribution in [0.5, 0.6) is 0 Å². The quantitative estimate of drug-likeness (QED) is 0.680. The molecule has 0 saturated carbocycles. The van der Waals surface area contributed by atoms with Crippen LogP contribution in [0.15, 0.2) is 61.3 Å². The van der Waals surface area contributed by atoms with E-state index in [0.29, 0.717) is 0 Å². The first kappa shape index (κ1) is 12.9. The smallest absolute Gasteiger partial charge is 0.0743 e. The third kappa shape index (κ3) is 2.60. The maximum atomic E-state index is 4.62. The van der Waals surface area contributed by atoms with Gasteiger partial charge in [-0.05, 0) is 41.5 Å². The molecule has 0 N–H and O–H groups in total. The summed E-state index contributed by atoms with van der Waals surface area (Å²) in [5.74, 6) is 0. The van der Waals surface area contributed by atoms with Crippen molar-refractivity contribution in [2.24, 2.45) is 0 Å². The summed E-state index contributed by atoms with van der Waals surface area (Å²) in [7, 11) is 0. The van der Waals surface area contributed by atoms with Gasteiger partial charge >= 0.3 is 0 Å². The van der Waals surface area contributed by atoms with Gasteiger partial charge in [0.2, 0.25) is 0 Å². The highest BCUT2D eigenvalue weighted by molar-refractivity contribution is 9.08. The van der Waals surface area contributed by atoms with E-state index in [9.17, 15) is 0 Å². The van der Waals surface area contributed by atoms with Gasteiger partial charge in [-0.2, -0.15) is 0 Å². The van der Waals surface area contributed by atoms with Crippen LogP contribution in [-0.4, -0.2) is 15.0 Å². The Kier molecular flexibility index (Phi) is 3.83. The van der Waals surface area contributed by atoms with Crippen LogP contribution in [0.2, 0.25) is 0 Å². The Balaban J connectivity index is 2.07. The molecule has 0 aliphatic rings. The van der Waals surface area contributed by atoms with E-state index in [1.165, 1.54) is 0 Å². The summed E-state index contributed by atoms with van der Waals surface area (Å²) >= 11 is 3.54. The van der Waals surface area contributed by atoms with Crippen LogP contribution in [0.3, 0.4) is 0 Å². The average Bonchev–Trinajstić information content (AvgIpc) is 2.56. The van der Waals surface area contributed by atoms with Crippen LogP contribution < -0.4 is 0 Å². The molecule has 0 aliphatic heterocycles. The van der Waals surface area contributed by atoms with Gasteiger partial charge in [-0.3, -0.25) is 15.0 Å². The van der Waals surface area contributed by atoms with Crippen molar-refractivity contribution in [3.63, 3.8) is 0 Å². The molecule has 20 heavy (non-hydrogen) atoms. The van der Waals surface area contributed by atoms with Crippen molar-refractivity contribution in [1.82, 2.24) is 15.0 Å². The molecule has 0 bridgehead atoms. The van der Waals surface area contributed by atoms with Crippen LogP contribution in [0.4, 0.5) is 0 Å². The third-order valence-corrected chi connectivity index (χ3v) is 3.68. The number of pyridine rings is 3. The third-order valence-electron chi connectivity index (χ3n) is 3.08. The number of halogens is 1. The Morgan fingerprint density at radius 2 is 1.40 bits per heavy atom. The summed E-state index contributed by atoms with van der Waals surface area (Å²) in [4.78, 5) is 12.7. The number of hydrogen-bond donors (Lipinski definition) is 0. The van der Waals surface area contributed by atoms with E-state index in [2.05, 4.69) is 36.9 Å². The molecule has 0 spiro atoms. The first-order valence-electron chi connectivity index (χ1n) is 6.24. The molecule has 0 aliphatic carbocycles. The van der Waals surface area contributed by atoms with Crippen LogP contribution in [-0.2, 0) is 5.33 Å². The Hall–Kier alpha value is -2.07.